The molecule has 9 nitrogen and oxygen atoms in total. The predicted molar refractivity (Wildman–Crippen MR) is 173 cm³/mol. The van der Waals surface area contributed by atoms with Crippen molar-refractivity contribution in [1.82, 2.24) is 20.1 Å². The molecule has 0 radical (unpaired) electrons. The average Bonchev–Trinajstić information content (AvgIpc) is 3.56. The quantitative estimate of drug-likeness (QED) is 0.229. The third kappa shape index (κ3) is 5.46. The summed E-state index contributed by atoms with van der Waals surface area (Å²) < 4.78 is 7.55. The van der Waals surface area contributed by atoms with Gasteiger partial charge in [-0.25, -0.2) is 0 Å². The lowest BCUT2D eigenvalue weighted by molar-refractivity contribution is -0.136. The van der Waals surface area contributed by atoms with Crippen molar-refractivity contribution in [2.24, 2.45) is 0 Å². The van der Waals surface area contributed by atoms with Crippen LogP contribution in [0.25, 0.3) is 16.6 Å². The molecular weight excluding hydrogens is 580 g/mol. The second kappa shape index (κ2) is 12.1. The minimum atomic E-state index is -0.971. The molecular formula is C37H32N4O5. The number of hydrogen-bond donors (Lipinski definition) is 2. The summed E-state index contributed by atoms with van der Waals surface area (Å²) in [6.07, 6.45) is 3.24. The van der Waals surface area contributed by atoms with Crippen molar-refractivity contribution in [1.29, 1.82) is 0 Å². The summed E-state index contributed by atoms with van der Waals surface area (Å²) in [7, 11) is 1.67. The van der Waals surface area contributed by atoms with Crippen LogP contribution in [0, 0.1) is 0 Å². The Hall–Kier alpha value is -5.54. The van der Waals surface area contributed by atoms with Gasteiger partial charge in [-0.2, -0.15) is 0 Å². The zero-order chi connectivity index (χ0) is 31.8. The number of rotatable bonds is 9. The van der Waals surface area contributed by atoms with Crippen LogP contribution in [0.1, 0.15) is 55.8 Å². The number of nitrogens with zero attached hydrogens (tertiary/aromatic N) is 2. The second-order valence-electron chi connectivity index (χ2n) is 11.7. The first-order chi connectivity index (χ1) is 22.4. The number of carbonyl (C=O) groups is 4. The Morgan fingerprint density at radius 2 is 1.50 bits per heavy atom. The maximum Gasteiger partial charge on any atom is 0.262 e. The molecule has 9 heteroatoms. The first-order valence-corrected chi connectivity index (χ1v) is 15.3. The highest BCUT2D eigenvalue weighted by Gasteiger charge is 2.44. The van der Waals surface area contributed by atoms with Crippen LogP contribution >= 0.6 is 0 Å². The van der Waals surface area contributed by atoms with Crippen molar-refractivity contribution >= 4 is 34.5 Å². The van der Waals surface area contributed by atoms with E-state index in [1.54, 1.807) is 19.2 Å². The van der Waals surface area contributed by atoms with E-state index in [-0.39, 0.29) is 24.0 Å². The summed E-state index contributed by atoms with van der Waals surface area (Å²) in [6, 6.07) is 29.2. The van der Waals surface area contributed by atoms with Crippen molar-refractivity contribution in [2.75, 3.05) is 7.11 Å². The van der Waals surface area contributed by atoms with Crippen LogP contribution in [0.4, 0.5) is 0 Å². The standard InChI is InChI=1S/C37H32N4O5/c1-46-28-13-11-27(12-14-28)40-22-26(29-4-2-3-5-32(29)40)18-23-6-8-24(9-7-23)20-38-21-25-10-15-30-31(19-25)37(45)41(36(30)44)33-16-17-34(42)39-35(33)43/h2-15,19,22,33,38H,16-18,20-21H2,1H3,(H,39,42,43). The van der Waals surface area contributed by atoms with Gasteiger partial charge in [-0.15, -0.1) is 0 Å². The number of methoxy groups -OCH3 is 1. The van der Waals surface area contributed by atoms with Crippen LogP contribution in [0.2, 0.25) is 0 Å². The number of benzene rings is 4. The first kappa shape index (κ1) is 29.2. The minimum Gasteiger partial charge on any atom is -0.497 e. The van der Waals surface area contributed by atoms with Crippen LogP contribution in [0.3, 0.4) is 0 Å². The smallest absolute Gasteiger partial charge is 0.262 e. The molecule has 1 aromatic heterocycles. The molecule has 2 N–H and O–H groups in total. The Bertz CT molecular complexity index is 2000. The Labute approximate surface area is 265 Å². The Morgan fingerprint density at radius 1 is 0.804 bits per heavy atom. The molecule has 2 aliphatic rings. The van der Waals surface area contributed by atoms with Gasteiger partial charge in [0.05, 0.1) is 23.8 Å². The van der Waals surface area contributed by atoms with Gasteiger partial charge in [0.15, 0.2) is 0 Å². The number of carbonyl (C=O) groups excluding carboxylic acids is 4. The van der Waals surface area contributed by atoms with Gasteiger partial charge in [0.25, 0.3) is 11.8 Å². The van der Waals surface area contributed by atoms with Crippen LogP contribution in [0.15, 0.2) is 97.2 Å². The van der Waals surface area contributed by atoms with E-state index in [0.717, 1.165) is 39.4 Å². The van der Waals surface area contributed by atoms with Crippen LogP contribution in [-0.2, 0) is 29.1 Å². The molecule has 2 aliphatic heterocycles. The normalized spacial score (nSPS) is 16.2. The summed E-state index contributed by atoms with van der Waals surface area (Å²) in [4.78, 5) is 50.9. The summed E-state index contributed by atoms with van der Waals surface area (Å²) in [5.41, 5.74) is 7.24. The van der Waals surface area contributed by atoms with Gasteiger partial charge in [-0.3, -0.25) is 29.4 Å². The van der Waals surface area contributed by atoms with Crippen LogP contribution in [-0.4, -0.2) is 46.2 Å². The highest BCUT2D eigenvalue weighted by molar-refractivity contribution is 6.23. The number of fused-ring (bicyclic) bond motifs is 2. The number of nitrogens with one attached hydrogen (secondary N) is 2. The number of para-hydroxylation sites is 1. The Balaban J connectivity index is 0.990. The zero-order valence-electron chi connectivity index (χ0n) is 25.3. The molecule has 0 spiro atoms. The van der Waals surface area contributed by atoms with Crippen LogP contribution in [0.5, 0.6) is 5.75 Å². The molecule has 7 rings (SSSR count). The largest absolute Gasteiger partial charge is 0.497 e. The number of hydrogen-bond acceptors (Lipinski definition) is 6. The molecule has 1 fully saturated rings. The van der Waals surface area contributed by atoms with E-state index in [9.17, 15) is 19.2 Å². The van der Waals surface area contributed by atoms with E-state index in [2.05, 4.69) is 82.1 Å². The molecule has 1 unspecified atom stereocenters. The third-order valence-electron chi connectivity index (χ3n) is 8.73. The van der Waals surface area contributed by atoms with Crippen molar-refractivity contribution in [2.45, 2.75) is 38.4 Å². The number of aromatic nitrogens is 1. The fourth-order valence-corrected chi connectivity index (χ4v) is 6.32. The number of amides is 4. The molecule has 1 saturated heterocycles. The fraction of sp³-hybridized carbons (Fsp3) is 0.189. The number of ether oxygens (including phenoxy) is 1. The molecule has 0 saturated carbocycles. The molecule has 4 amide bonds. The van der Waals surface area contributed by atoms with Gasteiger partial charge in [-0.1, -0.05) is 48.5 Å². The third-order valence-corrected chi connectivity index (χ3v) is 8.73. The first-order valence-electron chi connectivity index (χ1n) is 15.3. The van der Waals surface area contributed by atoms with E-state index in [1.807, 2.05) is 18.2 Å². The summed E-state index contributed by atoms with van der Waals surface area (Å²) in [5, 5.41) is 6.87. The molecule has 4 aromatic carbocycles. The lowest BCUT2D eigenvalue weighted by Gasteiger charge is -2.27. The minimum absolute atomic E-state index is 0.0922. The molecule has 46 heavy (non-hydrogen) atoms. The summed E-state index contributed by atoms with van der Waals surface area (Å²) in [5.74, 6) is -1.18. The van der Waals surface area contributed by atoms with E-state index in [0.29, 0.717) is 13.1 Å². The van der Waals surface area contributed by atoms with Crippen molar-refractivity contribution in [3.8, 4) is 11.4 Å². The van der Waals surface area contributed by atoms with E-state index in [1.165, 1.54) is 16.5 Å². The van der Waals surface area contributed by atoms with Gasteiger partial charge in [-0.05, 0) is 77.6 Å². The van der Waals surface area contributed by atoms with Crippen LogP contribution < -0.4 is 15.4 Å². The zero-order valence-corrected chi connectivity index (χ0v) is 25.3. The number of imide groups is 2. The van der Waals surface area contributed by atoms with Gasteiger partial charge < -0.3 is 14.6 Å². The Kier molecular flexibility index (Phi) is 7.68. The average molecular weight is 613 g/mol. The predicted octanol–water partition coefficient (Wildman–Crippen LogP) is 4.92. The maximum atomic E-state index is 13.1. The van der Waals surface area contributed by atoms with Crippen molar-refractivity contribution < 1.29 is 23.9 Å². The molecule has 0 aliphatic carbocycles. The Morgan fingerprint density at radius 3 is 2.26 bits per heavy atom. The molecule has 0 bridgehead atoms. The summed E-state index contributed by atoms with van der Waals surface area (Å²) in [6.45, 7) is 1.13. The van der Waals surface area contributed by atoms with Gasteiger partial charge in [0, 0.05) is 36.8 Å². The maximum absolute atomic E-state index is 13.1. The van der Waals surface area contributed by atoms with Crippen molar-refractivity contribution in [3.05, 3.63) is 131 Å². The molecule has 3 heterocycles. The molecule has 1 atom stereocenters. The van der Waals surface area contributed by atoms with Gasteiger partial charge >= 0.3 is 0 Å². The fourth-order valence-electron chi connectivity index (χ4n) is 6.32. The van der Waals surface area contributed by atoms with E-state index < -0.39 is 29.7 Å². The SMILES string of the molecule is COc1ccc(-n2cc(Cc3ccc(CNCc4ccc5c(c4)C(=O)N(C4CCC(=O)NC4=O)C5=O)cc3)c3ccccc32)cc1. The van der Waals surface area contributed by atoms with E-state index in [4.69, 9.17) is 4.74 Å². The molecule has 5 aromatic rings. The highest BCUT2D eigenvalue weighted by atomic mass is 16.5. The summed E-state index contributed by atoms with van der Waals surface area (Å²) >= 11 is 0. The second-order valence-corrected chi connectivity index (χ2v) is 11.7. The van der Waals surface area contributed by atoms with Crippen molar-refractivity contribution in [3.63, 3.8) is 0 Å². The van der Waals surface area contributed by atoms with Gasteiger partial charge in [0.2, 0.25) is 11.8 Å². The van der Waals surface area contributed by atoms with E-state index >= 15 is 0 Å². The topological polar surface area (TPSA) is 110 Å². The lowest BCUT2D eigenvalue weighted by Crippen LogP contribution is -2.54. The highest BCUT2D eigenvalue weighted by Crippen LogP contribution is 2.29. The molecule has 230 valence electrons. The van der Waals surface area contributed by atoms with Gasteiger partial charge in [0.1, 0.15) is 11.8 Å². The lowest BCUT2D eigenvalue weighted by atomic mass is 10.0. The number of piperidine rings is 1. The monoisotopic (exact) mass is 612 g/mol.